The fraction of sp³-hybridized carbons (Fsp3) is 0.500. The summed E-state index contributed by atoms with van der Waals surface area (Å²) in [6.45, 7) is 12.8. The Hall–Kier alpha value is -1.52. The van der Waals surface area contributed by atoms with Crippen molar-refractivity contribution in [2.75, 3.05) is 19.6 Å². The Morgan fingerprint density at radius 3 is 2.35 bits per heavy atom. The van der Waals surface area contributed by atoms with Crippen LogP contribution in [0.25, 0.3) is 0 Å². The second kappa shape index (κ2) is 10.3. The summed E-state index contributed by atoms with van der Waals surface area (Å²) in [4.78, 5) is 2.44. The third-order valence-electron chi connectivity index (χ3n) is 4.28. The van der Waals surface area contributed by atoms with E-state index in [0.717, 1.165) is 43.1 Å². The smallest absolute Gasteiger partial charge is 0.0656 e. The van der Waals surface area contributed by atoms with Crippen LogP contribution in [0.5, 0.6) is 0 Å². The number of halogens is 1. The second-order valence-corrected chi connectivity index (χ2v) is 6.10. The van der Waals surface area contributed by atoms with Crippen molar-refractivity contribution in [3.05, 3.63) is 52.7 Å². The number of rotatable bonds is 4. The standard InChI is InChI=1S/C18H21ClN2.C2H6/c1-3-14(2)18(16-4-6-17(19)7-5-16)13-21-10-8-15(12-20)9-11-21;1-2/h4-7,15,18H,1,8-11,13H2,2H3;1-2H3. The number of likely N-dealkylation sites (tertiary alicyclic amines) is 1. The first-order chi connectivity index (χ1) is 11.1. The molecule has 1 aromatic carbocycles. The largest absolute Gasteiger partial charge is 0.302 e. The Kier molecular flexibility index (Phi) is 8.74. The van der Waals surface area contributed by atoms with E-state index in [1.807, 2.05) is 26.0 Å². The third kappa shape index (κ3) is 5.88. The predicted molar refractivity (Wildman–Crippen MR) is 98.6 cm³/mol. The first-order valence-corrected chi connectivity index (χ1v) is 8.75. The highest BCUT2D eigenvalue weighted by molar-refractivity contribution is 6.30. The lowest BCUT2D eigenvalue weighted by atomic mass is 9.90. The van der Waals surface area contributed by atoms with Gasteiger partial charge in [0.2, 0.25) is 0 Å². The molecule has 0 aromatic heterocycles. The minimum atomic E-state index is 0.228. The zero-order valence-electron chi connectivity index (χ0n) is 14.5. The number of benzene rings is 1. The summed E-state index contributed by atoms with van der Waals surface area (Å²) in [5, 5.41) is 9.74. The lowest BCUT2D eigenvalue weighted by Gasteiger charge is -2.32. The average Bonchev–Trinajstić information content (AvgIpc) is 2.62. The van der Waals surface area contributed by atoms with Gasteiger partial charge in [-0.25, -0.2) is 0 Å². The van der Waals surface area contributed by atoms with Gasteiger partial charge in [0.25, 0.3) is 0 Å². The lowest BCUT2D eigenvalue weighted by molar-refractivity contribution is 0.200. The van der Waals surface area contributed by atoms with E-state index < -0.39 is 0 Å². The second-order valence-electron chi connectivity index (χ2n) is 5.67. The summed E-state index contributed by atoms with van der Waals surface area (Å²) in [6, 6.07) is 10.4. The summed E-state index contributed by atoms with van der Waals surface area (Å²) in [6.07, 6.45) is 1.95. The predicted octanol–water partition coefficient (Wildman–Crippen LogP) is 5.42. The molecule has 1 heterocycles. The van der Waals surface area contributed by atoms with Gasteiger partial charge in [-0.05, 0) is 56.1 Å². The first-order valence-electron chi connectivity index (χ1n) is 8.38. The molecule has 1 fully saturated rings. The quantitative estimate of drug-likeness (QED) is 0.689. The van der Waals surface area contributed by atoms with Gasteiger partial charge in [0.15, 0.2) is 0 Å². The summed E-state index contributed by atoms with van der Waals surface area (Å²) < 4.78 is 0. The normalized spacial score (nSPS) is 16.5. The molecule has 2 rings (SSSR count). The maximum absolute atomic E-state index is 8.99. The van der Waals surface area contributed by atoms with E-state index in [2.05, 4.69) is 42.3 Å². The zero-order valence-corrected chi connectivity index (χ0v) is 15.2. The van der Waals surface area contributed by atoms with Crippen LogP contribution < -0.4 is 0 Å². The highest BCUT2D eigenvalue weighted by atomic mass is 35.5. The Morgan fingerprint density at radius 1 is 1.30 bits per heavy atom. The van der Waals surface area contributed by atoms with Crippen molar-refractivity contribution >= 4 is 11.6 Å². The number of nitrogens with zero attached hydrogens (tertiary/aromatic N) is 2. The van der Waals surface area contributed by atoms with Crippen molar-refractivity contribution in [3.63, 3.8) is 0 Å². The molecule has 3 heteroatoms. The molecule has 1 atom stereocenters. The molecule has 0 aliphatic carbocycles. The van der Waals surface area contributed by atoms with Crippen LogP contribution in [0.1, 0.15) is 45.1 Å². The van der Waals surface area contributed by atoms with E-state index in [4.69, 9.17) is 16.9 Å². The van der Waals surface area contributed by atoms with Crippen molar-refractivity contribution in [1.29, 1.82) is 5.26 Å². The summed E-state index contributed by atoms with van der Waals surface area (Å²) in [5.41, 5.74) is 5.44. The molecule has 2 nitrogen and oxygen atoms in total. The number of hydrogen-bond donors (Lipinski definition) is 0. The first kappa shape index (κ1) is 19.5. The monoisotopic (exact) mass is 330 g/mol. The van der Waals surface area contributed by atoms with Crippen LogP contribution >= 0.6 is 11.6 Å². The van der Waals surface area contributed by atoms with Crippen LogP contribution in [0, 0.1) is 17.2 Å². The molecule has 0 radical (unpaired) electrons. The van der Waals surface area contributed by atoms with E-state index in [9.17, 15) is 0 Å². The molecule has 124 valence electrons. The van der Waals surface area contributed by atoms with Crippen molar-refractivity contribution in [2.45, 2.75) is 39.5 Å². The van der Waals surface area contributed by atoms with Crippen molar-refractivity contribution in [3.8, 4) is 6.07 Å². The zero-order chi connectivity index (χ0) is 17.2. The lowest BCUT2D eigenvalue weighted by Crippen LogP contribution is -2.36. The molecule has 1 aliphatic rings. The molecule has 0 spiro atoms. The average molecular weight is 331 g/mol. The van der Waals surface area contributed by atoms with Crippen LogP contribution in [-0.4, -0.2) is 24.5 Å². The van der Waals surface area contributed by atoms with Gasteiger partial charge in [-0.3, -0.25) is 0 Å². The van der Waals surface area contributed by atoms with Gasteiger partial charge in [0.1, 0.15) is 0 Å². The molecule has 23 heavy (non-hydrogen) atoms. The van der Waals surface area contributed by atoms with Gasteiger partial charge in [-0.1, -0.05) is 44.2 Å². The Bertz CT molecular complexity index is 556. The third-order valence-corrected chi connectivity index (χ3v) is 4.54. The molecule has 1 aromatic rings. The molecule has 0 amide bonds. The summed E-state index contributed by atoms with van der Waals surface area (Å²) >= 11 is 5.98. The Morgan fingerprint density at radius 2 is 1.87 bits per heavy atom. The topological polar surface area (TPSA) is 27.0 Å². The van der Waals surface area contributed by atoms with Crippen molar-refractivity contribution in [2.24, 2.45) is 5.92 Å². The fourth-order valence-corrected chi connectivity index (χ4v) is 2.94. The van der Waals surface area contributed by atoms with Gasteiger partial charge in [-0.2, -0.15) is 5.26 Å². The van der Waals surface area contributed by atoms with Crippen molar-refractivity contribution < 1.29 is 0 Å². The van der Waals surface area contributed by atoms with E-state index in [-0.39, 0.29) is 5.92 Å². The van der Waals surface area contributed by atoms with Gasteiger partial charge in [-0.15, -0.1) is 5.73 Å². The maximum atomic E-state index is 8.99. The number of hydrogen-bond acceptors (Lipinski definition) is 2. The van der Waals surface area contributed by atoms with Crippen LogP contribution in [0.15, 0.2) is 42.1 Å². The van der Waals surface area contributed by atoms with Crippen LogP contribution in [-0.2, 0) is 0 Å². The molecule has 0 N–H and O–H groups in total. The molecule has 0 bridgehead atoms. The van der Waals surface area contributed by atoms with E-state index in [1.165, 1.54) is 5.56 Å². The SMILES string of the molecule is C=C=C(C)C(CN1CCC(C#N)CC1)c1ccc(Cl)cc1.CC. The highest BCUT2D eigenvalue weighted by Crippen LogP contribution is 2.27. The molecule has 1 aliphatic heterocycles. The minimum absolute atomic E-state index is 0.228. The summed E-state index contributed by atoms with van der Waals surface area (Å²) in [7, 11) is 0. The van der Waals surface area contributed by atoms with Crippen molar-refractivity contribution in [1.82, 2.24) is 4.90 Å². The van der Waals surface area contributed by atoms with Gasteiger partial charge < -0.3 is 4.90 Å². The molecular formula is C20H27ClN2. The summed E-state index contributed by atoms with van der Waals surface area (Å²) in [5.74, 6) is 0.518. The molecular weight excluding hydrogens is 304 g/mol. The Balaban J connectivity index is 0.00000127. The molecule has 1 saturated heterocycles. The highest BCUT2D eigenvalue weighted by Gasteiger charge is 2.23. The Labute approximate surface area is 146 Å². The molecule has 0 saturated carbocycles. The minimum Gasteiger partial charge on any atom is -0.302 e. The van der Waals surface area contributed by atoms with Crippen LogP contribution in [0.3, 0.4) is 0 Å². The number of piperidine rings is 1. The van der Waals surface area contributed by atoms with Gasteiger partial charge >= 0.3 is 0 Å². The van der Waals surface area contributed by atoms with E-state index in [0.29, 0.717) is 5.92 Å². The van der Waals surface area contributed by atoms with E-state index in [1.54, 1.807) is 0 Å². The van der Waals surface area contributed by atoms with Gasteiger partial charge in [0.05, 0.1) is 6.07 Å². The van der Waals surface area contributed by atoms with Gasteiger partial charge in [0, 0.05) is 23.4 Å². The maximum Gasteiger partial charge on any atom is 0.0656 e. The van der Waals surface area contributed by atoms with Crippen LogP contribution in [0.4, 0.5) is 0 Å². The van der Waals surface area contributed by atoms with Crippen LogP contribution in [0.2, 0.25) is 5.02 Å². The molecule has 1 unspecified atom stereocenters. The number of nitriles is 1. The van der Waals surface area contributed by atoms with E-state index >= 15 is 0 Å². The fourth-order valence-electron chi connectivity index (χ4n) is 2.81.